The molecular formula is C11H10N2O4S2. The number of rotatable bonds is 4. The molecule has 2 rings (SSSR count). The highest BCUT2D eigenvalue weighted by Crippen LogP contribution is 2.24. The van der Waals surface area contributed by atoms with Crippen LogP contribution in [0.1, 0.15) is 11.3 Å². The van der Waals surface area contributed by atoms with Crippen LogP contribution in [-0.2, 0) is 14.8 Å². The van der Waals surface area contributed by atoms with Gasteiger partial charge in [0, 0.05) is 6.04 Å². The summed E-state index contributed by atoms with van der Waals surface area (Å²) in [6, 6.07) is 4.14. The molecule has 1 aliphatic carbocycles. The zero-order valence-corrected chi connectivity index (χ0v) is 11.2. The van der Waals surface area contributed by atoms with Gasteiger partial charge in [-0.25, -0.2) is 13.1 Å². The second-order valence-electron chi connectivity index (χ2n) is 4.02. The van der Waals surface area contributed by atoms with Crippen LogP contribution in [0, 0.1) is 17.2 Å². The fraction of sp³-hybridized carbons (Fsp3) is 0.273. The van der Waals surface area contributed by atoms with Crippen LogP contribution in [0.5, 0.6) is 0 Å². The van der Waals surface area contributed by atoms with E-state index in [1.165, 1.54) is 24.3 Å². The van der Waals surface area contributed by atoms with E-state index in [-0.39, 0.29) is 10.6 Å². The average Bonchev–Trinajstić information content (AvgIpc) is 2.96. The van der Waals surface area contributed by atoms with Gasteiger partial charge in [0.1, 0.15) is 15.2 Å². The first-order valence-electron chi connectivity index (χ1n) is 5.36. The molecule has 2 N–H and O–H groups in total. The number of nitriles is 1. The van der Waals surface area contributed by atoms with Crippen LogP contribution in [0.2, 0.25) is 0 Å². The van der Waals surface area contributed by atoms with Gasteiger partial charge in [0.25, 0.3) is 10.0 Å². The van der Waals surface area contributed by atoms with Crippen LogP contribution >= 0.6 is 11.3 Å². The predicted octanol–water partition coefficient (Wildman–Crippen LogP) is 0.927. The standard InChI is InChI=1S/C11H10N2O4S2/c12-6-9-3-4-10(18-9)19(16,17)13-8-2-1-7(5-8)11(14)15/h1-4,7-8,13H,5H2,(H,14,15). The molecule has 0 aromatic carbocycles. The molecule has 1 aliphatic rings. The van der Waals surface area contributed by atoms with Crippen LogP contribution in [-0.4, -0.2) is 25.5 Å². The molecule has 1 aromatic heterocycles. The Morgan fingerprint density at radius 1 is 1.47 bits per heavy atom. The summed E-state index contributed by atoms with van der Waals surface area (Å²) in [6.45, 7) is 0. The number of aliphatic carboxylic acids is 1. The topological polar surface area (TPSA) is 107 Å². The van der Waals surface area contributed by atoms with Crippen molar-refractivity contribution >= 4 is 27.3 Å². The van der Waals surface area contributed by atoms with E-state index in [1.807, 2.05) is 6.07 Å². The summed E-state index contributed by atoms with van der Waals surface area (Å²) in [5, 5.41) is 17.5. The van der Waals surface area contributed by atoms with Crippen molar-refractivity contribution in [3.8, 4) is 6.07 Å². The Hall–Kier alpha value is -1.69. The highest BCUT2D eigenvalue weighted by molar-refractivity contribution is 7.91. The summed E-state index contributed by atoms with van der Waals surface area (Å²) >= 11 is 0.878. The average molecular weight is 298 g/mol. The number of carboxylic acids is 1. The molecule has 0 amide bonds. The molecule has 6 nitrogen and oxygen atoms in total. The van der Waals surface area contributed by atoms with Gasteiger partial charge in [-0.3, -0.25) is 4.79 Å². The van der Waals surface area contributed by atoms with Gasteiger partial charge >= 0.3 is 5.97 Å². The summed E-state index contributed by atoms with van der Waals surface area (Å²) in [4.78, 5) is 11.1. The molecule has 19 heavy (non-hydrogen) atoms. The second-order valence-corrected chi connectivity index (χ2v) is 7.05. The Morgan fingerprint density at radius 3 is 2.74 bits per heavy atom. The SMILES string of the molecule is N#Cc1ccc(S(=O)(=O)NC2C=CC(C(=O)O)C2)s1. The number of thiophene rings is 1. The van der Waals surface area contributed by atoms with E-state index in [9.17, 15) is 13.2 Å². The van der Waals surface area contributed by atoms with Gasteiger partial charge in [0.2, 0.25) is 0 Å². The minimum absolute atomic E-state index is 0.0521. The van der Waals surface area contributed by atoms with Gasteiger partial charge in [-0.15, -0.1) is 11.3 Å². The molecule has 100 valence electrons. The lowest BCUT2D eigenvalue weighted by molar-refractivity contribution is -0.140. The Labute approximate surface area is 114 Å². The van der Waals surface area contributed by atoms with Crippen molar-refractivity contribution in [1.29, 1.82) is 5.26 Å². The maximum absolute atomic E-state index is 12.0. The lowest BCUT2D eigenvalue weighted by Crippen LogP contribution is -2.32. The van der Waals surface area contributed by atoms with Crippen molar-refractivity contribution in [2.24, 2.45) is 5.92 Å². The van der Waals surface area contributed by atoms with Crippen LogP contribution < -0.4 is 4.72 Å². The van der Waals surface area contributed by atoms with Crippen LogP contribution in [0.25, 0.3) is 0 Å². The predicted molar refractivity (Wildman–Crippen MR) is 68.0 cm³/mol. The van der Waals surface area contributed by atoms with Crippen LogP contribution in [0.15, 0.2) is 28.5 Å². The number of nitrogens with zero attached hydrogens (tertiary/aromatic N) is 1. The van der Waals surface area contributed by atoms with Crippen molar-refractivity contribution in [2.75, 3.05) is 0 Å². The van der Waals surface area contributed by atoms with Crippen LogP contribution in [0.4, 0.5) is 0 Å². The lowest BCUT2D eigenvalue weighted by Gasteiger charge is -2.11. The molecule has 0 saturated heterocycles. The van der Waals surface area contributed by atoms with Gasteiger partial charge in [-0.2, -0.15) is 5.26 Å². The quantitative estimate of drug-likeness (QED) is 0.804. The monoisotopic (exact) mass is 298 g/mol. The van der Waals surface area contributed by atoms with E-state index in [4.69, 9.17) is 10.4 Å². The number of carboxylic acid groups (broad SMARTS) is 1. The van der Waals surface area contributed by atoms with Crippen molar-refractivity contribution in [2.45, 2.75) is 16.7 Å². The Balaban J connectivity index is 2.09. The lowest BCUT2D eigenvalue weighted by atomic mass is 10.1. The zero-order chi connectivity index (χ0) is 14.0. The third-order valence-electron chi connectivity index (χ3n) is 2.66. The van der Waals surface area contributed by atoms with E-state index in [0.717, 1.165) is 11.3 Å². The third kappa shape index (κ3) is 3.01. The van der Waals surface area contributed by atoms with Gasteiger partial charge < -0.3 is 5.11 Å². The molecule has 0 spiro atoms. The molecule has 2 unspecified atom stereocenters. The highest BCUT2D eigenvalue weighted by Gasteiger charge is 2.28. The molecule has 0 saturated carbocycles. The summed E-state index contributed by atoms with van der Waals surface area (Å²) < 4.78 is 26.5. The van der Waals surface area contributed by atoms with Gasteiger partial charge in [-0.05, 0) is 18.6 Å². The smallest absolute Gasteiger partial charge is 0.310 e. The van der Waals surface area contributed by atoms with E-state index in [0.29, 0.717) is 4.88 Å². The zero-order valence-electron chi connectivity index (χ0n) is 9.61. The third-order valence-corrected chi connectivity index (χ3v) is 5.64. The summed E-state index contributed by atoms with van der Waals surface area (Å²) in [6.07, 6.45) is 3.21. The number of nitrogens with one attached hydrogen (secondary N) is 1. The van der Waals surface area contributed by atoms with Gasteiger partial charge in [0.05, 0.1) is 5.92 Å². The summed E-state index contributed by atoms with van der Waals surface area (Å²) in [5.74, 6) is -1.63. The van der Waals surface area contributed by atoms with Crippen molar-refractivity contribution < 1.29 is 18.3 Å². The Kier molecular flexibility index (Phi) is 3.71. The second kappa shape index (κ2) is 5.13. The normalized spacial score (nSPS) is 22.3. The molecule has 1 heterocycles. The van der Waals surface area contributed by atoms with Crippen LogP contribution in [0.3, 0.4) is 0 Å². The fourth-order valence-corrected chi connectivity index (χ4v) is 4.08. The summed E-state index contributed by atoms with van der Waals surface area (Å²) in [5.41, 5.74) is 0. The van der Waals surface area contributed by atoms with E-state index >= 15 is 0 Å². The first kappa shape index (κ1) is 13.7. The maximum Gasteiger partial charge on any atom is 0.310 e. The molecule has 0 fully saturated rings. The van der Waals surface area contributed by atoms with Crippen molar-refractivity contribution in [3.63, 3.8) is 0 Å². The van der Waals surface area contributed by atoms with Gasteiger partial charge in [0.15, 0.2) is 0 Å². The fourth-order valence-electron chi connectivity index (χ4n) is 1.75. The van der Waals surface area contributed by atoms with E-state index < -0.39 is 28.0 Å². The number of hydrogen-bond acceptors (Lipinski definition) is 5. The highest BCUT2D eigenvalue weighted by atomic mass is 32.2. The number of carbonyl (C=O) groups is 1. The first-order valence-corrected chi connectivity index (χ1v) is 7.66. The number of sulfonamides is 1. The molecule has 0 radical (unpaired) electrons. The van der Waals surface area contributed by atoms with E-state index in [2.05, 4.69) is 4.72 Å². The first-order chi connectivity index (χ1) is 8.92. The molecule has 1 aromatic rings. The molecule has 0 aliphatic heterocycles. The molecular weight excluding hydrogens is 288 g/mol. The molecule has 0 bridgehead atoms. The summed E-state index contributed by atoms with van der Waals surface area (Å²) in [7, 11) is -3.71. The van der Waals surface area contributed by atoms with Crippen molar-refractivity contribution in [3.05, 3.63) is 29.2 Å². The minimum atomic E-state index is -3.71. The Morgan fingerprint density at radius 2 is 2.21 bits per heavy atom. The van der Waals surface area contributed by atoms with E-state index in [1.54, 1.807) is 0 Å². The molecule has 8 heteroatoms. The maximum atomic E-state index is 12.0. The van der Waals surface area contributed by atoms with Gasteiger partial charge in [-0.1, -0.05) is 12.2 Å². The Bertz CT molecular complexity index is 669. The van der Waals surface area contributed by atoms with Crippen molar-refractivity contribution in [1.82, 2.24) is 4.72 Å². The molecule has 2 atom stereocenters. The number of hydrogen-bond donors (Lipinski definition) is 2. The largest absolute Gasteiger partial charge is 0.481 e. The minimum Gasteiger partial charge on any atom is -0.481 e.